The molecule has 0 bridgehead atoms. The first kappa shape index (κ1) is 12.9. The van der Waals surface area contributed by atoms with E-state index in [0.717, 1.165) is 6.07 Å². The monoisotopic (exact) mass is 314 g/mol. The topological polar surface area (TPSA) is 35.0 Å². The SMILES string of the molecule is CCc1ncnc(Oc2cc(F)cc(Br)c2)c1F. The molecule has 0 radical (unpaired) electrons. The number of halogens is 3. The molecule has 0 fully saturated rings. The van der Waals surface area contributed by atoms with Gasteiger partial charge in [-0.05, 0) is 18.6 Å². The summed E-state index contributed by atoms with van der Waals surface area (Å²) in [6, 6.07) is 3.95. The van der Waals surface area contributed by atoms with Gasteiger partial charge in [0.15, 0.2) is 0 Å². The minimum atomic E-state index is -0.625. The van der Waals surface area contributed by atoms with E-state index in [1.807, 2.05) is 0 Å². The first-order valence-corrected chi connectivity index (χ1v) is 6.02. The van der Waals surface area contributed by atoms with E-state index in [1.54, 1.807) is 6.92 Å². The fraction of sp³-hybridized carbons (Fsp3) is 0.167. The van der Waals surface area contributed by atoms with E-state index in [-0.39, 0.29) is 17.3 Å². The summed E-state index contributed by atoms with van der Waals surface area (Å²) < 4.78 is 32.7. The van der Waals surface area contributed by atoms with Gasteiger partial charge >= 0.3 is 0 Å². The standard InChI is InChI=1S/C12H9BrF2N2O/c1-2-10-11(15)12(17-6-16-10)18-9-4-7(13)3-8(14)5-9/h3-6H,2H2,1H3. The van der Waals surface area contributed by atoms with Crippen LogP contribution in [0.3, 0.4) is 0 Å². The number of rotatable bonds is 3. The maximum Gasteiger partial charge on any atom is 0.259 e. The van der Waals surface area contributed by atoms with E-state index in [0.29, 0.717) is 10.9 Å². The van der Waals surface area contributed by atoms with Gasteiger partial charge in [-0.1, -0.05) is 22.9 Å². The van der Waals surface area contributed by atoms with Gasteiger partial charge in [0.05, 0.1) is 5.69 Å². The minimum Gasteiger partial charge on any atom is -0.436 e. The van der Waals surface area contributed by atoms with Gasteiger partial charge in [0, 0.05) is 10.5 Å². The molecule has 0 spiro atoms. The Hall–Kier alpha value is -1.56. The zero-order valence-corrected chi connectivity index (χ0v) is 11.0. The maximum absolute atomic E-state index is 13.8. The van der Waals surface area contributed by atoms with Crippen LogP contribution in [0.1, 0.15) is 12.6 Å². The van der Waals surface area contributed by atoms with Crippen molar-refractivity contribution in [2.24, 2.45) is 0 Å². The lowest BCUT2D eigenvalue weighted by Crippen LogP contribution is -1.99. The Morgan fingerprint density at radius 3 is 2.67 bits per heavy atom. The highest BCUT2D eigenvalue weighted by Crippen LogP contribution is 2.26. The van der Waals surface area contributed by atoms with Gasteiger partial charge < -0.3 is 4.74 Å². The molecule has 18 heavy (non-hydrogen) atoms. The van der Waals surface area contributed by atoms with E-state index in [9.17, 15) is 8.78 Å². The number of nitrogens with zero attached hydrogens (tertiary/aromatic N) is 2. The lowest BCUT2D eigenvalue weighted by Gasteiger charge is -2.07. The molecule has 0 saturated heterocycles. The quantitative estimate of drug-likeness (QED) is 0.862. The van der Waals surface area contributed by atoms with Crippen LogP contribution >= 0.6 is 15.9 Å². The highest BCUT2D eigenvalue weighted by atomic mass is 79.9. The Morgan fingerprint density at radius 1 is 1.22 bits per heavy atom. The van der Waals surface area contributed by atoms with Crippen molar-refractivity contribution in [3.8, 4) is 11.6 Å². The highest BCUT2D eigenvalue weighted by Gasteiger charge is 2.12. The van der Waals surface area contributed by atoms with Crippen LogP contribution in [0.5, 0.6) is 11.6 Å². The summed E-state index contributed by atoms with van der Waals surface area (Å²) in [5.41, 5.74) is 0.260. The van der Waals surface area contributed by atoms with Gasteiger partial charge in [0.25, 0.3) is 5.88 Å². The fourth-order valence-corrected chi connectivity index (χ4v) is 1.85. The van der Waals surface area contributed by atoms with Crippen LogP contribution in [-0.4, -0.2) is 9.97 Å². The summed E-state index contributed by atoms with van der Waals surface area (Å²) in [7, 11) is 0. The number of hydrogen-bond donors (Lipinski definition) is 0. The van der Waals surface area contributed by atoms with Gasteiger partial charge in [-0.3, -0.25) is 0 Å². The molecule has 0 atom stereocenters. The minimum absolute atomic E-state index is 0.168. The van der Waals surface area contributed by atoms with Gasteiger partial charge in [-0.2, -0.15) is 9.37 Å². The van der Waals surface area contributed by atoms with Crippen LogP contribution in [0.15, 0.2) is 29.0 Å². The molecule has 0 aliphatic carbocycles. The van der Waals surface area contributed by atoms with E-state index in [4.69, 9.17) is 4.74 Å². The first-order chi connectivity index (χ1) is 8.60. The average Bonchev–Trinajstić information content (AvgIpc) is 2.30. The summed E-state index contributed by atoms with van der Waals surface area (Å²) >= 11 is 3.13. The van der Waals surface area contributed by atoms with E-state index < -0.39 is 11.6 Å². The molecule has 0 aliphatic heterocycles. The number of hydrogen-bond acceptors (Lipinski definition) is 3. The lowest BCUT2D eigenvalue weighted by molar-refractivity contribution is 0.412. The molecular weight excluding hydrogens is 306 g/mol. The molecule has 0 unspecified atom stereocenters. The molecule has 2 rings (SSSR count). The van der Waals surface area contributed by atoms with Crippen molar-refractivity contribution >= 4 is 15.9 Å². The zero-order valence-electron chi connectivity index (χ0n) is 9.45. The van der Waals surface area contributed by atoms with Crippen LogP contribution in [0, 0.1) is 11.6 Å². The smallest absolute Gasteiger partial charge is 0.259 e. The van der Waals surface area contributed by atoms with Crippen molar-refractivity contribution in [2.75, 3.05) is 0 Å². The molecule has 0 aliphatic rings. The van der Waals surface area contributed by atoms with Gasteiger partial charge in [0.2, 0.25) is 5.82 Å². The number of ether oxygens (including phenoxy) is 1. The highest BCUT2D eigenvalue weighted by molar-refractivity contribution is 9.10. The average molecular weight is 315 g/mol. The predicted molar refractivity (Wildman–Crippen MR) is 65.5 cm³/mol. The lowest BCUT2D eigenvalue weighted by atomic mass is 10.3. The molecule has 1 aromatic carbocycles. The van der Waals surface area contributed by atoms with Crippen LogP contribution in [0.25, 0.3) is 0 Å². The Labute approximate surface area is 111 Å². The molecule has 0 saturated carbocycles. The van der Waals surface area contributed by atoms with Crippen molar-refractivity contribution in [3.63, 3.8) is 0 Å². The second-order valence-electron chi connectivity index (χ2n) is 3.50. The Bertz CT molecular complexity index is 558. The largest absolute Gasteiger partial charge is 0.436 e. The Morgan fingerprint density at radius 2 is 2.00 bits per heavy atom. The number of aromatic nitrogens is 2. The summed E-state index contributed by atoms with van der Waals surface area (Å²) in [5, 5.41) is 0. The normalized spacial score (nSPS) is 10.4. The zero-order chi connectivity index (χ0) is 13.1. The Balaban J connectivity index is 2.34. The van der Waals surface area contributed by atoms with Crippen molar-refractivity contribution < 1.29 is 13.5 Å². The van der Waals surface area contributed by atoms with Gasteiger partial charge in [-0.15, -0.1) is 0 Å². The second kappa shape index (κ2) is 5.39. The van der Waals surface area contributed by atoms with E-state index in [1.165, 1.54) is 18.5 Å². The number of aryl methyl sites for hydroxylation is 1. The third-order valence-electron chi connectivity index (χ3n) is 2.22. The fourth-order valence-electron chi connectivity index (χ4n) is 1.40. The van der Waals surface area contributed by atoms with Crippen molar-refractivity contribution in [1.82, 2.24) is 9.97 Å². The molecule has 3 nitrogen and oxygen atoms in total. The van der Waals surface area contributed by atoms with Crippen molar-refractivity contribution in [2.45, 2.75) is 13.3 Å². The predicted octanol–water partition coefficient (Wildman–Crippen LogP) is 3.87. The molecule has 1 heterocycles. The molecular formula is C12H9BrF2N2O. The van der Waals surface area contributed by atoms with Crippen molar-refractivity contribution in [3.05, 3.63) is 46.3 Å². The molecule has 2 aromatic rings. The summed E-state index contributed by atoms with van der Waals surface area (Å²) in [6.07, 6.45) is 1.64. The maximum atomic E-state index is 13.8. The van der Waals surface area contributed by atoms with Crippen LogP contribution in [-0.2, 0) is 6.42 Å². The molecule has 94 valence electrons. The van der Waals surface area contributed by atoms with Gasteiger partial charge in [-0.25, -0.2) is 9.37 Å². The summed E-state index contributed by atoms with van der Waals surface area (Å²) in [6.45, 7) is 1.77. The second-order valence-corrected chi connectivity index (χ2v) is 4.42. The molecule has 1 aromatic heterocycles. The third kappa shape index (κ3) is 2.81. The van der Waals surface area contributed by atoms with E-state index in [2.05, 4.69) is 25.9 Å². The summed E-state index contributed by atoms with van der Waals surface area (Å²) in [4.78, 5) is 7.48. The van der Waals surface area contributed by atoms with Crippen molar-refractivity contribution in [1.29, 1.82) is 0 Å². The Kier molecular flexibility index (Phi) is 3.86. The van der Waals surface area contributed by atoms with Crippen LogP contribution in [0.2, 0.25) is 0 Å². The van der Waals surface area contributed by atoms with Crippen LogP contribution in [0.4, 0.5) is 8.78 Å². The molecule has 0 amide bonds. The third-order valence-corrected chi connectivity index (χ3v) is 2.67. The summed E-state index contributed by atoms with van der Waals surface area (Å²) in [5.74, 6) is -1.15. The number of benzene rings is 1. The first-order valence-electron chi connectivity index (χ1n) is 5.23. The molecule has 0 N–H and O–H groups in total. The van der Waals surface area contributed by atoms with Crippen LogP contribution < -0.4 is 4.74 Å². The van der Waals surface area contributed by atoms with E-state index >= 15 is 0 Å². The molecule has 6 heteroatoms. The van der Waals surface area contributed by atoms with Gasteiger partial charge in [0.1, 0.15) is 17.9 Å².